The predicted molar refractivity (Wildman–Crippen MR) is 120 cm³/mol. The standard InChI is InChI=1S/C21H26N4O2S2/c1-13-6-8-17(9-7-13)22-20-23-24-21(29-20)28-12-19(26)18-10-14(2)25(16(18)4)15(3)11-27-5/h6-10,15H,11-12H2,1-5H3,(H,22,23)/t15-/m1/s1. The fraction of sp³-hybridized carbons (Fsp3) is 0.381. The number of anilines is 2. The first-order valence-electron chi connectivity index (χ1n) is 9.39. The Kier molecular flexibility index (Phi) is 7.10. The summed E-state index contributed by atoms with van der Waals surface area (Å²) in [6, 6.07) is 10.3. The van der Waals surface area contributed by atoms with Crippen LogP contribution >= 0.6 is 23.1 Å². The van der Waals surface area contributed by atoms with E-state index in [0.29, 0.717) is 12.4 Å². The van der Waals surface area contributed by atoms with E-state index in [1.165, 1.54) is 28.7 Å². The summed E-state index contributed by atoms with van der Waals surface area (Å²) in [5.41, 5.74) is 4.99. The SMILES string of the molecule is COC[C@@H](C)n1c(C)cc(C(=O)CSc2nnc(Nc3ccc(C)cc3)s2)c1C. The van der Waals surface area contributed by atoms with Crippen LogP contribution in [0.25, 0.3) is 0 Å². The summed E-state index contributed by atoms with van der Waals surface area (Å²) in [7, 11) is 1.69. The van der Waals surface area contributed by atoms with E-state index in [4.69, 9.17) is 4.74 Å². The van der Waals surface area contributed by atoms with Gasteiger partial charge in [-0.05, 0) is 45.9 Å². The minimum absolute atomic E-state index is 0.0993. The van der Waals surface area contributed by atoms with Crippen LogP contribution < -0.4 is 5.32 Å². The zero-order valence-corrected chi connectivity index (χ0v) is 19.0. The van der Waals surface area contributed by atoms with Gasteiger partial charge in [0.1, 0.15) is 0 Å². The Balaban J connectivity index is 1.62. The average molecular weight is 431 g/mol. The van der Waals surface area contributed by atoms with Crippen LogP contribution in [0.3, 0.4) is 0 Å². The van der Waals surface area contributed by atoms with Crippen LogP contribution in [-0.2, 0) is 4.74 Å². The number of Topliss-reactive ketones (excluding diaryl/α,β-unsaturated/α-hetero) is 1. The molecular formula is C21H26N4O2S2. The van der Waals surface area contributed by atoms with Gasteiger partial charge in [-0.25, -0.2) is 0 Å². The molecule has 2 heterocycles. The maximum Gasteiger partial charge on any atom is 0.210 e. The smallest absolute Gasteiger partial charge is 0.210 e. The van der Waals surface area contributed by atoms with Crippen LogP contribution in [0.4, 0.5) is 10.8 Å². The van der Waals surface area contributed by atoms with Crippen molar-refractivity contribution in [3.05, 3.63) is 52.8 Å². The highest BCUT2D eigenvalue weighted by molar-refractivity contribution is 8.01. The normalized spacial score (nSPS) is 12.2. The number of nitrogens with one attached hydrogen (secondary N) is 1. The van der Waals surface area contributed by atoms with Gasteiger partial charge in [-0.15, -0.1) is 10.2 Å². The monoisotopic (exact) mass is 430 g/mol. The maximum atomic E-state index is 12.8. The van der Waals surface area contributed by atoms with E-state index in [9.17, 15) is 4.79 Å². The summed E-state index contributed by atoms with van der Waals surface area (Å²) in [4.78, 5) is 12.8. The van der Waals surface area contributed by atoms with Gasteiger partial charge < -0.3 is 14.6 Å². The second-order valence-corrected chi connectivity index (χ2v) is 9.24. The summed E-state index contributed by atoms with van der Waals surface area (Å²) in [5, 5.41) is 12.3. The molecule has 6 nitrogen and oxygen atoms in total. The van der Waals surface area contributed by atoms with Crippen LogP contribution in [0.1, 0.15) is 40.3 Å². The number of methoxy groups -OCH3 is 1. The lowest BCUT2D eigenvalue weighted by atomic mass is 10.2. The van der Waals surface area contributed by atoms with E-state index in [-0.39, 0.29) is 11.8 Å². The molecule has 154 valence electrons. The molecular weight excluding hydrogens is 404 g/mol. The topological polar surface area (TPSA) is 69.0 Å². The van der Waals surface area contributed by atoms with Crippen molar-refractivity contribution in [2.24, 2.45) is 0 Å². The zero-order chi connectivity index (χ0) is 21.0. The number of rotatable bonds is 9. The molecule has 0 aliphatic carbocycles. The quantitative estimate of drug-likeness (QED) is 0.372. The molecule has 0 saturated carbocycles. The fourth-order valence-electron chi connectivity index (χ4n) is 3.34. The van der Waals surface area contributed by atoms with Gasteiger partial charge >= 0.3 is 0 Å². The van der Waals surface area contributed by atoms with Crippen molar-refractivity contribution >= 4 is 39.7 Å². The van der Waals surface area contributed by atoms with Crippen molar-refractivity contribution in [3.8, 4) is 0 Å². The summed E-state index contributed by atoms with van der Waals surface area (Å²) in [5.74, 6) is 0.435. The van der Waals surface area contributed by atoms with Crippen molar-refractivity contribution in [1.29, 1.82) is 0 Å². The molecule has 0 saturated heterocycles. The Morgan fingerprint density at radius 2 is 1.97 bits per heavy atom. The number of benzene rings is 1. The van der Waals surface area contributed by atoms with E-state index in [2.05, 4.69) is 33.9 Å². The Bertz CT molecular complexity index is 979. The maximum absolute atomic E-state index is 12.8. The Labute approximate surface area is 179 Å². The lowest BCUT2D eigenvalue weighted by Gasteiger charge is -2.17. The number of hydrogen-bond donors (Lipinski definition) is 1. The van der Waals surface area contributed by atoms with Gasteiger partial charge in [0.2, 0.25) is 5.13 Å². The summed E-state index contributed by atoms with van der Waals surface area (Å²) in [6.45, 7) is 8.77. The molecule has 0 aliphatic heterocycles. The van der Waals surface area contributed by atoms with Crippen molar-refractivity contribution in [3.63, 3.8) is 0 Å². The largest absolute Gasteiger partial charge is 0.383 e. The second kappa shape index (κ2) is 9.56. The number of ketones is 1. The molecule has 0 unspecified atom stereocenters. The third-order valence-corrected chi connectivity index (χ3v) is 6.64. The first-order valence-corrected chi connectivity index (χ1v) is 11.2. The van der Waals surface area contributed by atoms with E-state index in [1.54, 1.807) is 7.11 Å². The Hall–Kier alpha value is -2.16. The first-order chi connectivity index (χ1) is 13.9. The Morgan fingerprint density at radius 3 is 2.66 bits per heavy atom. The molecule has 0 bridgehead atoms. The third kappa shape index (κ3) is 5.26. The number of nitrogens with zero attached hydrogens (tertiary/aromatic N) is 3. The first kappa shape index (κ1) is 21.5. The van der Waals surface area contributed by atoms with Gasteiger partial charge in [-0.2, -0.15) is 0 Å². The molecule has 0 spiro atoms. The number of carbonyl (C=O) groups is 1. The highest BCUT2D eigenvalue weighted by atomic mass is 32.2. The zero-order valence-electron chi connectivity index (χ0n) is 17.4. The predicted octanol–water partition coefficient (Wildman–Crippen LogP) is 5.19. The fourth-order valence-corrected chi connectivity index (χ4v) is 4.99. The molecule has 2 aromatic heterocycles. The lowest BCUT2D eigenvalue weighted by Crippen LogP contribution is -2.14. The van der Waals surface area contributed by atoms with Crippen molar-refractivity contribution in [2.75, 3.05) is 24.8 Å². The number of ether oxygens (including phenoxy) is 1. The van der Waals surface area contributed by atoms with Gasteiger partial charge in [0, 0.05) is 29.7 Å². The molecule has 1 N–H and O–H groups in total. The van der Waals surface area contributed by atoms with E-state index >= 15 is 0 Å². The van der Waals surface area contributed by atoms with Crippen LogP contribution in [0.5, 0.6) is 0 Å². The Morgan fingerprint density at radius 1 is 1.24 bits per heavy atom. The number of aryl methyl sites for hydroxylation is 2. The minimum atomic E-state index is 0.0993. The van der Waals surface area contributed by atoms with Gasteiger partial charge in [-0.3, -0.25) is 4.79 Å². The van der Waals surface area contributed by atoms with Crippen LogP contribution in [-0.4, -0.2) is 40.0 Å². The van der Waals surface area contributed by atoms with E-state index in [1.807, 2.05) is 44.2 Å². The molecule has 3 aromatic rings. The van der Waals surface area contributed by atoms with Gasteiger partial charge in [0.25, 0.3) is 0 Å². The van der Waals surface area contributed by atoms with Crippen LogP contribution in [0.15, 0.2) is 34.7 Å². The second-order valence-electron chi connectivity index (χ2n) is 7.04. The minimum Gasteiger partial charge on any atom is -0.383 e. The molecule has 1 aromatic carbocycles. The summed E-state index contributed by atoms with van der Waals surface area (Å²) >= 11 is 2.87. The molecule has 0 amide bonds. The molecule has 0 aliphatic rings. The van der Waals surface area contributed by atoms with Crippen molar-refractivity contribution in [2.45, 2.75) is 38.1 Å². The number of thioether (sulfide) groups is 1. The van der Waals surface area contributed by atoms with Gasteiger partial charge in [-0.1, -0.05) is 40.8 Å². The molecule has 0 fully saturated rings. The highest BCUT2D eigenvalue weighted by Gasteiger charge is 2.19. The summed E-state index contributed by atoms with van der Waals surface area (Å²) in [6.07, 6.45) is 0. The molecule has 0 radical (unpaired) electrons. The summed E-state index contributed by atoms with van der Waals surface area (Å²) < 4.78 is 8.20. The molecule has 8 heteroatoms. The third-order valence-electron chi connectivity index (χ3n) is 4.67. The van der Waals surface area contributed by atoms with E-state index in [0.717, 1.165) is 32.1 Å². The van der Waals surface area contributed by atoms with Gasteiger partial charge in [0.15, 0.2) is 10.1 Å². The van der Waals surface area contributed by atoms with Crippen LogP contribution in [0, 0.1) is 20.8 Å². The van der Waals surface area contributed by atoms with Gasteiger partial charge in [0.05, 0.1) is 18.4 Å². The number of hydrogen-bond acceptors (Lipinski definition) is 7. The molecule has 29 heavy (non-hydrogen) atoms. The number of carbonyl (C=O) groups excluding carboxylic acids is 1. The molecule has 1 atom stereocenters. The van der Waals surface area contributed by atoms with E-state index < -0.39 is 0 Å². The van der Waals surface area contributed by atoms with Crippen molar-refractivity contribution < 1.29 is 9.53 Å². The number of aromatic nitrogens is 3. The highest BCUT2D eigenvalue weighted by Crippen LogP contribution is 2.29. The average Bonchev–Trinajstić information content (AvgIpc) is 3.25. The van der Waals surface area contributed by atoms with Crippen molar-refractivity contribution in [1.82, 2.24) is 14.8 Å². The lowest BCUT2D eigenvalue weighted by molar-refractivity contribution is 0.102. The van der Waals surface area contributed by atoms with Crippen LogP contribution in [0.2, 0.25) is 0 Å². The molecule has 3 rings (SSSR count).